The SMILES string of the molecule is Cc1cccc(C)c1NC(=O)CN1C(=O)N[C@]2(CCCC[C@H]2C)C1=O. The molecular weight excluding hydrogens is 318 g/mol. The molecule has 1 saturated heterocycles. The number of rotatable bonds is 3. The molecule has 2 aliphatic rings. The number of hydrogen-bond donors (Lipinski definition) is 2. The van der Waals surface area contributed by atoms with Gasteiger partial charge in [0.15, 0.2) is 0 Å². The highest BCUT2D eigenvalue weighted by Gasteiger charge is 2.55. The maximum Gasteiger partial charge on any atom is 0.325 e. The standard InChI is InChI=1S/C19H25N3O3/c1-12-7-6-8-13(2)16(12)20-15(23)11-22-17(24)19(21-18(22)25)10-5-4-9-14(19)3/h6-8,14H,4-5,9-11H2,1-3H3,(H,20,23)(H,21,25)/t14-,19+/m1/s1. The molecule has 1 aliphatic heterocycles. The third-order valence-electron chi connectivity index (χ3n) is 5.55. The van der Waals surface area contributed by atoms with Gasteiger partial charge in [0.25, 0.3) is 5.91 Å². The zero-order chi connectivity index (χ0) is 18.2. The number of nitrogens with one attached hydrogen (secondary N) is 2. The first-order chi connectivity index (χ1) is 11.8. The molecule has 0 radical (unpaired) electrons. The van der Waals surface area contributed by atoms with Crippen LogP contribution in [0, 0.1) is 19.8 Å². The first kappa shape index (κ1) is 17.5. The summed E-state index contributed by atoms with van der Waals surface area (Å²) < 4.78 is 0. The van der Waals surface area contributed by atoms with E-state index in [0.717, 1.165) is 41.0 Å². The van der Waals surface area contributed by atoms with Crippen molar-refractivity contribution >= 4 is 23.5 Å². The van der Waals surface area contributed by atoms with Gasteiger partial charge in [0.1, 0.15) is 12.1 Å². The van der Waals surface area contributed by atoms with E-state index in [1.54, 1.807) is 0 Å². The summed E-state index contributed by atoms with van der Waals surface area (Å²) in [6.07, 6.45) is 3.54. The molecule has 2 fully saturated rings. The minimum atomic E-state index is -0.825. The van der Waals surface area contributed by atoms with Gasteiger partial charge >= 0.3 is 6.03 Å². The normalized spacial score (nSPS) is 26.0. The Bertz CT molecular complexity index is 710. The molecule has 0 unspecified atom stereocenters. The molecular formula is C19H25N3O3. The Balaban J connectivity index is 1.73. The molecule has 1 heterocycles. The number of para-hydroxylation sites is 1. The molecule has 1 aliphatic carbocycles. The maximum absolute atomic E-state index is 12.9. The van der Waals surface area contributed by atoms with Crippen molar-refractivity contribution < 1.29 is 14.4 Å². The summed E-state index contributed by atoms with van der Waals surface area (Å²) in [5, 5.41) is 5.70. The van der Waals surface area contributed by atoms with Gasteiger partial charge in [0, 0.05) is 5.69 Å². The van der Waals surface area contributed by atoms with Crippen molar-refractivity contribution in [2.75, 3.05) is 11.9 Å². The van der Waals surface area contributed by atoms with Crippen LogP contribution in [0.5, 0.6) is 0 Å². The van der Waals surface area contributed by atoms with E-state index in [-0.39, 0.29) is 24.3 Å². The van der Waals surface area contributed by atoms with Crippen LogP contribution in [0.4, 0.5) is 10.5 Å². The van der Waals surface area contributed by atoms with E-state index in [1.807, 2.05) is 39.0 Å². The van der Waals surface area contributed by atoms with Crippen LogP contribution in [0.3, 0.4) is 0 Å². The van der Waals surface area contributed by atoms with Gasteiger partial charge in [-0.05, 0) is 43.7 Å². The van der Waals surface area contributed by atoms with Gasteiger partial charge in [0.05, 0.1) is 0 Å². The largest absolute Gasteiger partial charge is 0.325 e. The van der Waals surface area contributed by atoms with Crippen molar-refractivity contribution in [2.24, 2.45) is 5.92 Å². The van der Waals surface area contributed by atoms with E-state index in [0.29, 0.717) is 6.42 Å². The van der Waals surface area contributed by atoms with E-state index in [2.05, 4.69) is 10.6 Å². The fourth-order valence-corrected chi connectivity index (χ4v) is 3.97. The average Bonchev–Trinajstić information content (AvgIpc) is 2.79. The van der Waals surface area contributed by atoms with Crippen molar-refractivity contribution in [1.82, 2.24) is 10.2 Å². The van der Waals surface area contributed by atoms with Gasteiger partial charge in [-0.1, -0.05) is 38.0 Å². The maximum atomic E-state index is 12.9. The second-order valence-electron chi connectivity index (χ2n) is 7.25. The van der Waals surface area contributed by atoms with E-state index in [4.69, 9.17) is 0 Å². The lowest BCUT2D eigenvalue weighted by molar-refractivity contribution is -0.136. The van der Waals surface area contributed by atoms with Gasteiger partial charge in [-0.2, -0.15) is 0 Å². The molecule has 25 heavy (non-hydrogen) atoms. The number of nitrogens with zero attached hydrogens (tertiary/aromatic N) is 1. The lowest BCUT2D eigenvalue weighted by Gasteiger charge is -2.36. The van der Waals surface area contributed by atoms with Crippen LogP contribution in [0.1, 0.15) is 43.7 Å². The smallest absolute Gasteiger partial charge is 0.324 e. The van der Waals surface area contributed by atoms with Crippen molar-refractivity contribution in [3.63, 3.8) is 0 Å². The highest BCUT2D eigenvalue weighted by Crippen LogP contribution is 2.38. The Hall–Kier alpha value is -2.37. The van der Waals surface area contributed by atoms with Gasteiger partial charge in [-0.25, -0.2) is 4.79 Å². The van der Waals surface area contributed by atoms with Crippen LogP contribution in [0.25, 0.3) is 0 Å². The molecule has 0 bridgehead atoms. The molecule has 0 aromatic heterocycles. The fraction of sp³-hybridized carbons (Fsp3) is 0.526. The van der Waals surface area contributed by atoms with Crippen molar-refractivity contribution in [3.05, 3.63) is 29.3 Å². The molecule has 134 valence electrons. The van der Waals surface area contributed by atoms with Gasteiger partial charge in [0.2, 0.25) is 5.91 Å². The summed E-state index contributed by atoms with van der Waals surface area (Å²) >= 11 is 0. The Morgan fingerprint density at radius 1 is 1.28 bits per heavy atom. The van der Waals surface area contributed by atoms with Crippen LogP contribution in [0.2, 0.25) is 0 Å². The minimum absolute atomic E-state index is 0.0874. The molecule has 1 aromatic carbocycles. The summed E-state index contributed by atoms with van der Waals surface area (Å²) in [4.78, 5) is 38.7. The zero-order valence-corrected chi connectivity index (χ0v) is 15.0. The first-order valence-electron chi connectivity index (χ1n) is 8.85. The molecule has 1 aromatic rings. The quantitative estimate of drug-likeness (QED) is 0.828. The Kier molecular flexibility index (Phi) is 4.54. The van der Waals surface area contributed by atoms with E-state index < -0.39 is 11.6 Å². The monoisotopic (exact) mass is 343 g/mol. The number of amides is 4. The topological polar surface area (TPSA) is 78.5 Å². The lowest BCUT2D eigenvalue weighted by atomic mass is 9.73. The summed E-state index contributed by atoms with van der Waals surface area (Å²) in [5.74, 6) is -0.535. The van der Waals surface area contributed by atoms with Crippen molar-refractivity contribution in [2.45, 2.75) is 52.0 Å². The highest BCUT2D eigenvalue weighted by atomic mass is 16.2. The molecule has 6 nitrogen and oxygen atoms in total. The Labute approximate surface area is 148 Å². The van der Waals surface area contributed by atoms with E-state index >= 15 is 0 Å². The Morgan fingerprint density at radius 2 is 1.96 bits per heavy atom. The number of carbonyl (C=O) groups is 3. The summed E-state index contributed by atoms with van der Waals surface area (Å²) in [7, 11) is 0. The third-order valence-corrected chi connectivity index (χ3v) is 5.55. The summed E-state index contributed by atoms with van der Waals surface area (Å²) in [5.41, 5.74) is 1.81. The fourth-order valence-electron chi connectivity index (χ4n) is 3.97. The molecule has 2 atom stereocenters. The number of urea groups is 1. The van der Waals surface area contributed by atoms with Crippen LogP contribution < -0.4 is 10.6 Å². The number of benzene rings is 1. The van der Waals surface area contributed by atoms with Crippen LogP contribution in [0.15, 0.2) is 18.2 Å². The van der Waals surface area contributed by atoms with Gasteiger partial charge < -0.3 is 10.6 Å². The number of hydrogen-bond acceptors (Lipinski definition) is 3. The van der Waals surface area contributed by atoms with Crippen LogP contribution >= 0.6 is 0 Å². The Morgan fingerprint density at radius 3 is 2.60 bits per heavy atom. The van der Waals surface area contributed by atoms with Crippen molar-refractivity contribution in [3.8, 4) is 0 Å². The second-order valence-corrected chi connectivity index (χ2v) is 7.25. The lowest BCUT2D eigenvalue weighted by Crippen LogP contribution is -2.54. The van der Waals surface area contributed by atoms with E-state index in [9.17, 15) is 14.4 Å². The molecule has 2 N–H and O–H groups in total. The van der Waals surface area contributed by atoms with Gasteiger partial charge in [-0.3, -0.25) is 14.5 Å². The third kappa shape index (κ3) is 3.01. The molecule has 3 rings (SSSR count). The predicted molar refractivity (Wildman–Crippen MR) is 95.2 cm³/mol. The molecule has 6 heteroatoms. The van der Waals surface area contributed by atoms with Crippen molar-refractivity contribution in [1.29, 1.82) is 0 Å². The highest BCUT2D eigenvalue weighted by molar-refractivity contribution is 6.10. The summed E-state index contributed by atoms with van der Waals surface area (Å²) in [6, 6.07) is 5.28. The first-order valence-corrected chi connectivity index (χ1v) is 8.85. The number of aryl methyl sites for hydroxylation is 2. The summed E-state index contributed by atoms with van der Waals surface area (Å²) in [6.45, 7) is 5.56. The molecule has 4 amide bonds. The van der Waals surface area contributed by atoms with E-state index in [1.165, 1.54) is 0 Å². The predicted octanol–water partition coefficient (Wildman–Crippen LogP) is 2.74. The van der Waals surface area contributed by atoms with Crippen LogP contribution in [-0.2, 0) is 9.59 Å². The number of carbonyl (C=O) groups excluding carboxylic acids is 3. The molecule has 1 spiro atoms. The van der Waals surface area contributed by atoms with Gasteiger partial charge in [-0.15, -0.1) is 0 Å². The minimum Gasteiger partial charge on any atom is -0.324 e. The number of imide groups is 1. The second kappa shape index (κ2) is 6.50. The average molecular weight is 343 g/mol. The molecule has 1 saturated carbocycles. The number of anilines is 1. The van der Waals surface area contributed by atoms with Crippen LogP contribution in [-0.4, -0.2) is 34.8 Å². The zero-order valence-electron chi connectivity index (χ0n) is 15.0.